The Balaban J connectivity index is 1.92. The molecule has 0 aromatic heterocycles. The zero-order valence-corrected chi connectivity index (χ0v) is 13.0. The second-order valence-electron chi connectivity index (χ2n) is 6.09. The monoisotopic (exact) mass is 310 g/mol. The third kappa shape index (κ3) is 4.41. The van der Waals surface area contributed by atoms with Crippen molar-refractivity contribution in [2.24, 2.45) is 5.73 Å². The number of nitrogens with zero attached hydrogens (tertiary/aromatic N) is 3. The number of nitrogens with one attached hydrogen (secondary N) is 1. The molecule has 2 saturated heterocycles. The second kappa shape index (κ2) is 7.55. The van der Waals surface area contributed by atoms with Crippen LogP contribution in [0.5, 0.6) is 0 Å². The lowest BCUT2D eigenvalue weighted by Gasteiger charge is -2.38. The molecule has 0 aromatic carbocycles. The molecule has 3 amide bonds. The van der Waals surface area contributed by atoms with Crippen LogP contribution in [0.1, 0.15) is 12.8 Å². The quantitative estimate of drug-likeness (QED) is 0.597. The van der Waals surface area contributed by atoms with Crippen LogP contribution < -0.4 is 11.1 Å². The standard InChI is InChI=1S/C14H24N5O3/c1-17-4-2-11(3-5-17)16-14(22)12-8-18(9-13(15)21)6-7-19(12)10-20/h11-12H,2-9H2,1H3,(H2,15,21)(H,16,22). The van der Waals surface area contributed by atoms with Gasteiger partial charge >= 0.3 is 6.41 Å². The Kier molecular flexibility index (Phi) is 5.73. The molecule has 1 atom stereocenters. The van der Waals surface area contributed by atoms with Crippen LogP contribution in [0.2, 0.25) is 0 Å². The Bertz CT molecular complexity index is 423. The summed E-state index contributed by atoms with van der Waals surface area (Å²) in [5.74, 6) is -0.606. The number of carbonyl (C=O) groups is 2. The molecule has 0 aromatic rings. The highest BCUT2D eigenvalue weighted by atomic mass is 16.2. The Morgan fingerprint density at radius 1 is 1.23 bits per heavy atom. The van der Waals surface area contributed by atoms with Crippen molar-refractivity contribution in [3.8, 4) is 0 Å². The summed E-state index contributed by atoms with van der Waals surface area (Å²) < 4.78 is 0. The van der Waals surface area contributed by atoms with Crippen molar-refractivity contribution in [3.63, 3.8) is 0 Å². The minimum atomic E-state index is -0.606. The minimum absolute atomic E-state index is 0.102. The van der Waals surface area contributed by atoms with Crippen LogP contribution in [0.25, 0.3) is 0 Å². The average Bonchev–Trinajstić information content (AvgIpc) is 2.49. The third-order valence-electron chi connectivity index (χ3n) is 4.33. The van der Waals surface area contributed by atoms with Crippen LogP contribution in [0.4, 0.5) is 0 Å². The van der Waals surface area contributed by atoms with Gasteiger partial charge in [-0.25, -0.2) is 0 Å². The number of rotatable bonds is 5. The summed E-state index contributed by atoms with van der Waals surface area (Å²) in [6.07, 6.45) is 3.64. The predicted octanol–water partition coefficient (Wildman–Crippen LogP) is -2.26. The van der Waals surface area contributed by atoms with Gasteiger partial charge < -0.3 is 20.9 Å². The molecule has 8 nitrogen and oxygen atoms in total. The first-order valence-corrected chi connectivity index (χ1v) is 7.63. The van der Waals surface area contributed by atoms with Gasteiger partial charge in [0.2, 0.25) is 11.8 Å². The summed E-state index contributed by atoms with van der Waals surface area (Å²) in [4.78, 5) is 39.9. The maximum absolute atomic E-state index is 12.5. The van der Waals surface area contributed by atoms with E-state index in [2.05, 4.69) is 17.3 Å². The van der Waals surface area contributed by atoms with E-state index < -0.39 is 11.9 Å². The van der Waals surface area contributed by atoms with Gasteiger partial charge in [0.15, 0.2) is 0 Å². The fourth-order valence-corrected chi connectivity index (χ4v) is 2.99. The topological polar surface area (TPSA) is 99.0 Å². The van der Waals surface area contributed by atoms with E-state index in [1.54, 1.807) is 4.90 Å². The van der Waals surface area contributed by atoms with Crippen LogP contribution in [0.3, 0.4) is 0 Å². The molecule has 0 bridgehead atoms. The Labute approximate surface area is 130 Å². The van der Waals surface area contributed by atoms with E-state index in [-0.39, 0.29) is 18.5 Å². The van der Waals surface area contributed by atoms with Crippen molar-refractivity contribution in [1.29, 1.82) is 0 Å². The van der Waals surface area contributed by atoms with Crippen LogP contribution in [0.15, 0.2) is 0 Å². The van der Waals surface area contributed by atoms with Crippen molar-refractivity contribution < 1.29 is 14.4 Å². The van der Waals surface area contributed by atoms with Crippen LogP contribution >= 0.6 is 0 Å². The molecule has 2 rings (SSSR count). The largest absolute Gasteiger partial charge is 0.369 e. The van der Waals surface area contributed by atoms with E-state index in [9.17, 15) is 14.4 Å². The number of hydrogen-bond acceptors (Lipinski definition) is 5. The van der Waals surface area contributed by atoms with Gasteiger partial charge in [-0.05, 0) is 33.0 Å². The van der Waals surface area contributed by atoms with Gasteiger partial charge in [0.05, 0.1) is 6.54 Å². The number of amides is 3. The van der Waals surface area contributed by atoms with E-state index in [0.29, 0.717) is 19.6 Å². The van der Waals surface area contributed by atoms with Gasteiger partial charge in [0.1, 0.15) is 6.04 Å². The first-order chi connectivity index (χ1) is 10.5. The van der Waals surface area contributed by atoms with Crippen molar-refractivity contribution in [3.05, 3.63) is 0 Å². The van der Waals surface area contributed by atoms with Gasteiger partial charge in [-0.1, -0.05) is 0 Å². The SMILES string of the molecule is CN1CCC(NC(=O)C2CN(CC(N)=O)CCN2[C]=O)CC1. The lowest BCUT2D eigenvalue weighted by molar-refractivity contribution is -0.129. The lowest BCUT2D eigenvalue weighted by Crippen LogP contribution is -2.60. The van der Waals surface area contributed by atoms with Crippen LogP contribution in [-0.4, -0.2) is 91.3 Å². The van der Waals surface area contributed by atoms with Crippen molar-refractivity contribution in [2.75, 3.05) is 46.3 Å². The molecular weight excluding hydrogens is 286 g/mol. The molecule has 0 saturated carbocycles. The van der Waals surface area contributed by atoms with E-state index in [1.165, 1.54) is 4.90 Å². The van der Waals surface area contributed by atoms with Gasteiger partial charge in [0, 0.05) is 25.7 Å². The zero-order chi connectivity index (χ0) is 16.1. The molecule has 123 valence electrons. The normalized spacial score (nSPS) is 25.0. The summed E-state index contributed by atoms with van der Waals surface area (Å²) in [5, 5.41) is 3.02. The number of carbonyl (C=O) groups excluding carboxylic acids is 3. The molecule has 8 heteroatoms. The number of piperazine rings is 1. The zero-order valence-electron chi connectivity index (χ0n) is 13.0. The van der Waals surface area contributed by atoms with E-state index in [4.69, 9.17) is 5.73 Å². The molecule has 0 aliphatic carbocycles. The Hall–Kier alpha value is -1.67. The summed E-state index contributed by atoms with van der Waals surface area (Å²) in [6.45, 7) is 3.22. The van der Waals surface area contributed by atoms with Crippen molar-refractivity contribution >= 4 is 18.2 Å². The number of nitrogens with two attached hydrogens (primary N) is 1. The summed E-state index contributed by atoms with van der Waals surface area (Å²) in [7, 11) is 2.06. The molecule has 1 unspecified atom stereocenters. The first-order valence-electron chi connectivity index (χ1n) is 7.63. The Morgan fingerprint density at radius 3 is 2.50 bits per heavy atom. The highest BCUT2D eigenvalue weighted by Crippen LogP contribution is 2.12. The molecule has 2 heterocycles. The van der Waals surface area contributed by atoms with Gasteiger partial charge in [-0.15, -0.1) is 0 Å². The predicted molar refractivity (Wildman–Crippen MR) is 80.5 cm³/mol. The number of likely N-dealkylation sites (tertiary alicyclic amines) is 1. The van der Waals surface area contributed by atoms with Crippen LogP contribution in [0, 0.1) is 0 Å². The van der Waals surface area contributed by atoms with E-state index in [0.717, 1.165) is 25.9 Å². The highest BCUT2D eigenvalue weighted by molar-refractivity contribution is 5.84. The number of hydrogen-bond donors (Lipinski definition) is 2. The second-order valence-corrected chi connectivity index (χ2v) is 6.09. The van der Waals surface area contributed by atoms with Crippen molar-refractivity contribution in [1.82, 2.24) is 20.0 Å². The average molecular weight is 310 g/mol. The van der Waals surface area contributed by atoms with Gasteiger partial charge in [-0.3, -0.25) is 19.3 Å². The van der Waals surface area contributed by atoms with Crippen LogP contribution in [-0.2, 0) is 14.4 Å². The fraction of sp³-hybridized carbons (Fsp3) is 0.786. The molecule has 3 N–H and O–H groups in total. The minimum Gasteiger partial charge on any atom is -0.369 e. The third-order valence-corrected chi connectivity index (χ3v) is 4.33. The Morgan fingerprint density at radius 2 is 1.91 bits per heavy atom. The maximum Gasteiger partial charge on any atom is 0.312 e. The molecule has 22 heavy (non-hydrogen) atoms. The molecule has 0 spiro atoms. The van der Waals surface area contributed by atoms with E-state index >= 15 is 0 Å². The summed E-state index contributed by atoms with van der Waals surface area (Å²) in [5.41, 5.74) is 5.20. The molecular formula is C14H24N5O3. The smallest absolute Gasteiger partial charge is 0.312 e. The van der Waals surface area contributed by atoms with Crippen molar-refractivity contribution in [2.45, 2.75) is 24.9 Å². The molecule has 1 radical (unpaired) electrons. The molecule has 2 fully saturated rings. The van der Waals surface area contributed by atoms with Gasteiger partial charge in [0.25, 0.3) is 0 Å². The first kappa shape index (κ1) is 16.7. The summed E-state index contributed by atoms with van der Waals surface area (Å²) >= 11 is 0. The van der Waals surface area contributed by atoms with E-state index in [1.807, 2.05) is 6.41 Å². The number of piperidine rings is 1. The maximum atomic E-state index is 12.5. The fourth-order valence-electron chi connectivity index (χ4n) is 2.99. The molecule has 2 aliphatic heterocycles. The van der Waals surface area contributed by atoms with Gasteiger partial charge in [-0.2, -0.15) is 0 Å². The number of primary amides is 1. The summed E-state index contributed by atoms with van der Waals surface area (Å²) in [6, 6.07) is -0.464. The lowest BCUT2D eigenvalue weighted by atomic mass is 10.0. The molecule has 2 aliphatic rings. The highest BCUT2D eigenvalue weighted by Gasteiger charge is 2.33.